The number of urea groups is 1. The van der Waals surface area contributed by atoms with Crippen molar-refractivity contribution in [1.82, 2.24) is 15.5 Å². The highest BCUT2D eigenvalue weighted by Crippen LogP contribution is 2.16. The summed E-state index contributed by atoms with van der Waals surface area (Å²) in [5.41, 5.74) is 1.28. The molecule has 0 spiro atoms. The number of benzene rings is 1. The van der Waals surface area contributed by atoms with Gasteiger partial charge >= 0.3 is 6.03 Å². The van der Waals surface area contributed by atoms with Crippen LogP contribution >= 0.6 is 11.6 Å². The van der Waals surface area contributed by atoms with Gasteiger partial charge in [0.05, 0.1) is 0 Å². The molecular weight excluding hydrogens is 310 g/mol. The molecule has 23 heavy (non-hydrogen) atoms. The molecule has 1 fully saturated rings. The zero-order chi connectivity index (χ0) is 16.7. The molecule has 0 bridgehead atoms. The number of nitrogens with one attached hydrogen (secondary N) is 2. The Morgan fingerprint density at radius 2 is 1.96 bits per heavy atom. The molecule has 128 valence electrons. The van der Waals surface area contributed by atoms with E-state index in [4.69, 9.17) is 11.6 Å². The fraction of sp³-hybridized carbons (Fsp3) is 0.611. The minimum Gasteiger partial charge on any atom is -0.336 e. The molecule has 1 saturated heterocycles. The number of carbonyl (C=O) groups is 1. The molecule has 2 amide bonds. The van der Waals surface area contributed by atoms with Crippen molar-refractivity contribution in [2.24, 2.45) is 0 Å². The number of halogens is 1. The number of nitrogens with zero attached hydrogens (tertiary/aromatic N) is 1. The van der Waals surface area contributed by atoms with Crippen LogP contribution in [-0.4, -0.2) is 36.1 Å². The van der Waals surface area contributed by atoms with Gasteiger partial charge in [-0.15, -0.1) is 0 Å². The van der Waals surface area contributed by atoms with Crippen LogP contribution < -0.4 is 10.6 Å². The molecule has 0 saturated carbocycles. The van der Waals surface area contributed by atoms with Gasteiger partial charge < -0.3 is 10.6 Å². The van der Waals surface area contributed by atoms with Crippen molar-refractivity contribution in [1.29, 1.82) is 0 Å². The van der Waals surface area contributed by atoms with Gasteiger partial charge in [-0.1, -0.05) is 37.1 Å². The molecule has 1 aliphatic heterocycles. The second kappa shape index (κ2) is 9.14. The Hall–Kier alpha value is -1.26. The summed E-state index contributed by atoms with van der Waals surface area (Å²) in [6.07, 6.45) is 4.11. The normalized spacial score (nSPS) is 17.7. The standard InChI is InChI=1S/C18H28ClN3O/c1-3-4-14(2)20-18(23)21-17-9-11-22(12-10-17)13-15-5-7-16(19)8-6-15/h5-8,14,17H,3-4,9-13H2,1-2H3,(H2,20,21,23)/t14-/m1/s1. The van der Waals surface area contributed by atoms with Crippen LogP contribution in [-0.2, 0) is 6.54 Å². The summed E-state index contributed by atoms with van der Waals surface area (Å²) in [5, 5.41) is 6.89. The Balaban J connectivity index is 1.69. The van der Waals surface area contributed by atoms with Crippen LogP contribution in [0.5, 0.6) is 0 Å². The predicted molar refractivity (Wildman–Crippen MR) is 95.8 cm³/mol. The predicted octanol–water partition coefficient (Wildman–Crippen LogP) is 3.79. The molecule has 1 aromatic carbocycles. The second-order valence-electron chi connectivity index (χ2n) is 6.48. The highest BCUT2D eigenvalue weighted by atomic mass is 35.5. The SMILES string of the molecule is CCC[C@@H](C)NC(=O)NC1CCN(Cc2ccc(Cl)cc2)CC1. The van der Waals surface area contributed by atoms with Gasteiger partial charge in [-0.3, -0.25) is 4.90 Å². The minimum atomic E-state index is -0.0258. The Bertz CT molecular complexity index is 484. The monoisotopic (exact) mass is 337 g/mol. The molecule has 1 aliphatic rings. The fourth-order valence-electron chi connectivity index (χ4n) is 3.04. The van der Waals surface area contributed by atoms with Gasteiger partial charge in [-0.25, -0.2) is 4.79 Å². The number of piperidine rings is 1. The second-order valence-corrected chi connectivity index (χ2v) is 6.92. The molecule has 2 rings (SSSR count). The highest BCUT2D eigenvalue weighted by Gasteiger charge is 2.21. The van der Waals surface area contributed by atoms with Crippen LogP contribution in [0, 0.1) is 0 Å². The number of likely N-dealkylation sites (tertiary alicyclic amines) is 1. The van der Waals surface area contributed by atoms with Crippen LogP contribution in [0.15, 0.2) is 24.3 Å². The fourth-order valence-corrected chi connectivity index (χ4v) is 3.17. The summed E-state index contributed by atoms with van der Waals surface area (Å²) in [6.45, 7) is 7.16. The first-order valence-corrected chi connectivity index (χ1v) is 8.98. The minimum absolute atomic E-state index is 0.0258. The van der Waals surface area contributed by atoms with Gasteiger partial charge in [0, 0.05) is 36.7 Å². The van der Waals surface area contributed by atoms with Gasteiger partial charge in [0.25, 0.3) is 0 Å². The Morgan fingerprint density at radius 1 is 1.30 bits per heavy atom. The molecule has 1 heterocycles. The topological polar surface area (TPSA) is 44.4 Å². The van der Waals surface area contributed by atoms with Crippen molar-refractivity contribution in [3.63, 3.8) is 0 Å². The van der Waals surface area contributed by atoms with Crippen molar-refractivity contribution in [3.05, 3.63) is 34.9 Å². The molecule has 1 aromatic rings. The summed E-state index contributed by atoms with van der Waals surface area (Å²) in [5.74, 6) is 0. The lowest BCUT2D eigenvalue weighted by molar-refractivity contribution is 0.185. The van der Waals surface area contributed by atoms with Gasteiger partial charge in [0.2, 0.25) is 0 Å². The van der Waals surface area contributed by atoms with Gasteiger partial charge in [-0.2, -0.15) is 0 Å². The molecule has 0 unspecified atom stereocenters. The number of carbonyl (C=O) groups excluding carboxylic acids is 1. The number of rotatable bonds is 6. The van der Waals surface area contributed by atoms with Gasteiger partial charge in [-0.05, 0) is 43.9 Å². The maximum absolute atomic E-state index is 12.0. The molecule has 0 radical (unpaired) electrons. The first kappa shape index (κ1) is 18.1. The van der Waals surface area contributed by atoms with E-state index in [1.54, 1.807) is 0 Å². The number of hydrogen-bond acceptors (Lipinski definition) is 2. The lowest BCUT2D eigenvalue weighted by Crippen LogP contribution is -2.49. The molecule has 0 aliphatic carbocycles. The van der Waals surface area contributed by atoms with E-state index in [1.165, 1.54) is 5.56 Å². The van der Waals surface area contributed by atoms with Crippen molar-refractivity contribution in [2.75, 3.05) is 13.1 Å². The van der Waals surface area contributed by atoms with E-state index in [-0.39, 0.29) is 18.1 Å². The summed E-state index contributed by atoms with van der Waals surface area (Å²) in [7, 11) is 0. The number of hydrogen-bond donors (Lipinski definition) is 2. The largest absolute Gasteiger partial charge is 0.336 e. The van der Waals surface area contributed by atoms with Crippen LogP contribution in [0.3, 0.4) is 0 Å². The third-order valence-electron chi connectivity index (χ3n) is 4.34. The van der Waals surface area contributed by atoms with E-state index < -0.39 is 0 Å². The third-order valence-corrected chi connectivity index (χ3v) is 4.59. The van der Waals surface area contributed by atoms with Gasteiger partial charge in [0.15, 0.2) is 0 Å². The first-order valence-electron chi connectivity index (χ1n) is 8.60. The van der Waals surface area contributed by atoms with E-state index in [0.717, 1.165) is 50.3 Å². The van der Waals surface area contributed by atoms with E-state index in [1.807, 2.05) is 12.1 Å². The van der Waals surface area contributed by atoms with E-state index >= 15 is 0 Å². The van der Waals surface area contributed by atoms with Gasteiger partial charge in [0.1, 0.15) is 0 Å². The van der Waals surface area contributed by atoms with Crippen molar-refractivity contribution < 1.29 is 4.79 Å². The maximum Gasteiger partial charge on any atom is 0.315 e. The third kappa shape index (κ3) is 6.40. The Labute approximate surface area is 144 Å². The van der Waals surface area contributed by atoms with Crippen molar-refractivity contribution in [2.45, 2.75) is 58.2 Å². The van der Waals surface area contributed by atoms with Crippen molar-refractivity contribution in [3.8, 4) is 0 Å². The van der Waals surface area contributed by atoms with Crippen LogP contribution in [0.1, 0.15) is 45.1 Å². The number of amides is 2. The quantitative estimate of drug-likeness (QED) is 0.829. The first-order chi connectivity index (χ1) is 11.1. The van der Waals surface area contributed by atoms with E-state index in [0.29, 0.717) is 0 Å². The summed E-state index contributed by atoms with van der Waals surface area (Å²) < 4.78 is 0. The molecule has 2 N–H and O–H groups in total. The molecule has 5 heteroatoms. The average molecular weight is 338 g/mol. The summed E-state index contributed by atoms with van der Waals surface area (Å²) >= 11 is 5.92. The van der Waals surface area contributed by atoms with Crippen LogP contribution in [0.4, 0.5) is 4.79 Å². The molecule has 1 atom stereocenters. The average Bonchev–Trinajstić information content (AvgIpc) is 2.51. The van der Waals surface area contributed by atoms with Crippen LogP contribution in [0.2, 0.25) is 5.02 Å². The molecular formula is C18H28ClN3O. The lowest BCUT2D eigenvalue weighted by Gasteiger charge is -2.32. The van der Waals surface area contributed by atoms with Crippen molar-refractivity contribution >= 4 is 17.6 Å². The molecule has 4 nitrogen and oxygen atoms in total. The zero-order valence-electron chi connectivity index (χ0n) is 14.1. The highest BCUT2D eigenvalue weighted by molar-refractivity contribution is 6.30. The van der Waals surface area contributed by atoms with E-state index in [9.17, 15) is 4.79 Å². The van der Waals surface area contributed by atoms with E-state index in [2.05, 4.69) is 41.5 Å². The van der Waals surface area contributed by atoms with Crippen LogP contribution in [0.25, 0.3) is 0 Å². The zero-order valence-corrected chi connectivity index (χ0v) is 14.9. The summed E-state index contributed by atoms with van der Waals surface area (Å²) in [4.78, 5) is 14.4. The smallest absolute Gasteiger partial charge is 0.315 e. The lowest BCUT2D eigenvalue weighted by atomic mass is 10.0. The maximum atomic E-state index is 12.0. The Morgan fingerprint density at radius 3 is 2.57 bits per heavy atom. The Kier molecular flexibility index (Phi) is 7.18. The summed E-state index contributed by atoms with van der Waals surface area (Å²) in [6, 6.07) is 8.53. The molecule has 0 aromatic heterocycles.